The highest BCUT2D eigenvalue weighted by Gasteiger charge is 2.50. The summed E-state index contributed by atoms with van der Waals surface area (Å²) >= 11 is 0. The number of halogens is 1. The number of ether oxygens (including phenoxy) is 1. The summed E-state index contributed by atoms with van der Waals surface area (Å²) in [7, 11) is 1.72. The number of nitrogens with zero attached hydrogens (tertiary/aromatic N) is 1. The third-order valence-electron chi connectivity index (χ3n) is 5.75. The van der Waals surface area contributed by atoms with Gasteiger partial charge in [0.2, 0.25) is 5.91 Å². The van der Waals surface area contributed by atoms with Gasteiger partial charge in [0, 0.05) is 32.8 Å². The predicted octanol–water partition coefficient (Wildman–Crippen LogP) is 1.81. The molecule has 1 aliphatic heterocycles. The molecular weight excluding hydrogens is 276 g/mol. The molecule has 1 heterocycles. The minimum absolute atomic E-state index is 0. The van der Waals surface area contributed by atoms with Gasteiger partial charge in [-0.2, -0.15) is 0 Å². The van der Waals surface area contributed by atoms with E-state index >= 15 is 0 Å². The SMILES string of the molecule is COCCC1(C(=O)N2CC3CCC(N)C3C2)CCC1.Cl. The molecule has 2 N–H and O–H groups in total. The monoisotopic (exact) mass is 302 g/mol. The Bertz CT molecular complexity index is 360. The highest BCUT2D eigenvalue weighted by atomic mass is 35.5. The summed E-state index contributed by atoms with van der Waals surface area (Å²) in [4.78, 5) is 14.9. The second kappa shape index (κ2) is 6.20. The first kappa shape index (κ1) is 16.1. The van der Waals surface area contributed by atoms with Crippen molar-refractivity contribution < 1.29 is 9.53 Å². The maximum Gasteiger partial charge on any atom is 0.228 e. The molecule has 3 aliphatic rings. The van der Waals surface area contributed by atoms with Crippen LogP contribution in [0.2, 0.25) is 0 Å². The molecule has 0 aromatic carbocycles. The lowest BCUT2D eigenvalue weighted by atomic mass is 9.66. The molecule has 0 aromatic rings. The summed E-state index contributed by atoms with van der Waals surface area (Å²) in [5, 5.41) is 0. The van der Waals surface area contributed by atoms with E-state index < -0.39 is 0 Å². The Balaban J connectivity index is 0.00000147. The van der Waals surface area contributed by atoms with Crippen molar-refractivity contribution in [2.45, 2.75) is 44.6 Å². The van der Waals surface area contributed by atoms with Gasteiger partial charge in [0.05, 0.1) is 5.41 Å². The molecule has 3 fully saturated rings. The van der Waals surface area contributed by atoms with Gasteiger partial charge in [-0.1, -0.05) is 6.42 Å². The predicted molar refractivity (Wildman–Crippen MR) is 80.8 cm³/mol. The van der Waals surface area contributed by atoms with Crippen LogP contribution in [0.5, 0.6) is 0 Å². The van der Waals surface area contributed by atoms with Crippen molar-refractivity contribution in [3.63, 3.8) is 0 Å². The van der Waals surface area contributed by atoms with E-state index in [1.807, 2.05) is 0 Å². The zero-order valence-electron chi connectivity index (χ0n) is 12.3. The zero-order valence-corrected chi connectivity index (χ0v) is 13.2. The molecule has 0 bridgehead atoms. The third-order valence-corrected chi connectivity index (χ3v) is 5.75. The molecule has 3 unspecified atom stereocenters. The Morgan fingerprint density at radius 2 is 2.10 bits per heavy atom. The highest BCUT2D eigenvalue weighted by Crippen LogP contribution is 2.47. The van der Waals surface area contributed by atoms with Gasteiger partial charge in [0.15, 0.2) is 0 Å². The molecule has 3 atom stereocenters. The number of likely N-dealkylation sites (tertiary alicyclic amines) is 1. The van der Waals surface area contributed by atoms with Crippen molar-refractivity contribution in [2.24, 2.45) is 23.0 Å². The van der Waals surface area contributed by atoms with E-state index in [2.05, 4.69) is 4.90 Å². The van der Waals surface area contributed by atoms with Crippen LogP contribution in [0.3, 0.4) is 0 Å². The van der Waals surface area contributed by atoms with E-state index in [9.17, 15) is 4.79 Å². The van der Waals surface area contributed by atoms with Gasteiger partial charge in [0.25, 0.3) is 0 Å². The van der Waals surface area contributed by atoms with E-state index in [1.165, 1.54) is 12.8 Å². The Morgan fingerprint density at radius 3 is 2.65 bits per heavy atom. The lowest BCUT2D eigenvalue weighted by molar-refractivity contribution is -0.148. The zero-order chi connectivity index (χ0) is 13.5. The number of hydrogen-bond donors (Lipinski definition) is 1. The maximum absolute atomic E-state index is 12.8. The molecule has 2 saturated carbocycles. The van der Waals surface area contributed by atoms with E-state index in [0.29, 0.717) is 30.4 Å². The fraction of sp³-hybridized carbons (Fsp3) is 0.933. The number of fused-ring (bicyclic) bond motifs is 1. The largest absolute Gasteiger partial charge is 0.385 e. The summed E-state index contributed by atoms with van der Waals surface area (Å²) in [5.41, 5.74) is 6.06. The first-order valence-corrected chi connectivity index (χ1v) is 7.70. The molecular formula is C15H27ClN2O2. The molecule has 20 heavy (non-hydrogen) atoms. The summed E-state index contributed by atoms with van der Waals surface area (Å²) in [5.74, 6) is 1.61. The molecule has 0 spiro atoms. The maximum atomic E-state index is 12.8. The van der Waals surface area contributed by atoms with Crippen LogP contribution in [0, 0.1) is 17.3 Å². The van der Waals surface area contributed by atoms with Crippen LogP contribution in [-0.2, 0) is 9.53 Å². The minimum Gasteiger partial charge on any atom is -0.385 e. The number of carbonyl (C=O) groups excluding carboxylic acids is 1. The Labute approximate surface area is 127 Å². The Hall–Kier alpha value is -0.320. The van der Waals surface area contributed by atoms with Gasteiger partial charge in [-0.3, -0.25) is 4.79 Å². The quantitative estimate of drug-likeness (QED) is 0.862. The first-order valence-electron chi connectivity index (χ1n) is 7.70. The number of methoxy groups -OCH3 is 1. The summed E-state index contributed by atoms with van der Waals surface area (Å²) in [6.07, 6.45) is 6.53. The van der Waals surface area contributed by atoms with Gasteiger partial charge in [-0.25, -0.2) is 0 Å². The van der Waals surface area contributed by atoms with Crippen molar-refractivity contribution >= 4 is 18.3 Å². The van der Waals surface area contributed by atoms with Crippen molar-refractivity contribution in [1.82, 2.24) is 4.90 Å². The molecule has 0 radical (unpaired) electrons. The van der Waals surface area contributed by atoms with Crippen LogP contribution in [-0.4, -0.2) is 43.7 Å². The van der Waals surface area contributed by atoms with E-state index in [-0.39, 0.29) is 17.8 Å². The van der Waals surface area contributed by atoms with E-state index in [0.717, 1.165) is 38.8 Å². The van der Waals surface area contributed by atoms with Crippen LogP contribution in [0.15, 0.2) is 0 Å². The van der Waals surface area contributed by atoms with E-state index in [4.69, 9.17) is 10.5 Å². The standard InChI is InChI=1S/C15H26N2O2.ClH/c1-19-8-7-15(5-2-6-15)14(18)17-9-11-3-4-13(16)12(11)10-17;/h11-13H,2-10,16H2,1H3;1H. The molecule has 0 aromatic heterocycles. The van der Waals surface area contributed by atoms with Crippen LogP contribution in [0.4, 0.5) is 0 Å². The third kappa shape index (κ3) is 2.58. The number of hydrogen-bond acceptors (Lipinski definition) is 3. The molecule has 5 heteroatoms. The topological polar surface area (TPSA) is 55.6 Å². The molecule has 2 aliphatic carbocycles. The average molecular weight is 303 g/mol. The molecule has 4 nitrogen and oxygen atoms in total. The van der Waals surface area contributed by atoms with Crippen molar-refractivity contribution in [2.75, 3.05) is 26.8 Å². The normalized spacial score (nSPS) is 34.3. The highest BCUT2D eigenvalue weighted by molar-refractivity contribution is 5.85. The van der Waals surface area contributed by atoms with Crippen LogP contribution < -0.4 is 5.73 Å². The van der Waals surface area contributed by atoms with Crippen LogP contribution in [0.25, 0.3) is 0 Å². The number of amides is 1. The Kier molecular flexibility index (Phi) is 4.98. The number of nitrogens with two attached hydrogens (primary N) is 1. The van der Waals surface area contributed by atoms with Gasteiger partial charge >= 0.3 is 0 Å². The summed E-state index contributed by atoms with van der Waals surface area (Å²) in [6.45, 7) is 2.55. The summed E-state index contributed by atoms with van der Waals surface area (Å²) in [6, 6.07) is 0.319. The smallest absolute Gasteiger partial charge is 0.228 e. The molecule has 1 saturated heterocycles. The van der Waals surface area contributed by atoms with Crippen LogP contribution in [0.1, 0.15) is 38.5 Å². The number of carbonyl (C=O) groups is 1. The second-order valence-electron chi connectivity index (χ2n) is 6.75. The molecule has 1 amide bonds. The summed E-state index contributed by atoms with van der Waals surface area (Å²) < 4.78 is 5.19. The van der Waals surface area contributed by atoms with Crippen LogP contribution >= 0.6 is 12.4 Å². The lowest BCUT2D eigenvalue weighted by Crippen LogP contribution is -2.48. The fourth-order valence-electron chi connectivity index (χ4n) is 4.28. The Morgan fingerprint density at radius 1 is 1.35 bits per heavy atom. The molecule has 116 valence electrons. The number of rotatable bonds is 4. The fourth-order valence-corrected chi connectivity index (χ4v) is 4.28. The van der Waals surface area contributed by atoms with Crippen molar-refractivity contribution in [1.29, 1.82) is 0 Å². The van der Waals surface area contributed by atoms with Gasteiger partial charge in [-0.15, -0.1) is 12.4 Å². The van der Waals surface area contributed by atoms with Gasteiger partial charge < -0.3 is 15.4 Å². The van der Waals surface area contributed by atoms with Gasteiger partial charge in [0.1, 0.15) is 0 Å². The average Bonchev–Trinajstić information content (AvgIpc) is 2.91. The van der Waals surface area contributed by atoms with Crippen molar-refractivity contribution in [3.8, 4) is 0 Å². The first-order chi connectivity index (χ1) is 9.16. The molecule has 3 rings (SSSR count). The van der Waals surface area contributed by atoms with E-state index in [1.54, 1.807) is 7.11 Å². The lowest BCUT2D eigenvalue weighted by Gasteiger charge is -2.43. The van der Waals surface area contributed by atoms with Crippen molar-refractivity contribution in [3.05, 3.63) is 0 Å². The second-order valence-corrected chi connectivity index (χ2v) is 6.75. The minimum atomic E-state index is -0.0985. The van der Waals surface area contributed by atoms with Gasteiger partial charge in [-0.05, 0) is 43.9 Å².